The number of benzene rings is 2. The number of anilines is 1. The van der Waals surface area contributed by atoms with Crippen molar-refractivity contribution in [3.05, 3.63) is 53.7 Å². The summed E-state index contributed by atoms with van der Waals surface area (Å²) in [7, 11) is 0. The number of rotatable bonds is 5. The molecular weight excluding hydrogens is 402 g/mol. The Labute approximate surface area is 187 Å². The molecule has 0 unspecified atom stereocenters. The molecule has 32 heavy (non-hydrogen) atoms. The largest absolute Gasteiger partial charge is 0.393 e. The van der Waals surface area contributed by atoms with E-state index in [0.29, 0.717) is 17.9 Å². The maximum atomic E-state index is 12.7. The van der Waals surface area contributed by atoms with Gasteiger partial charge >= 0.3 is 0 Å². The van der Waals surface area contributed by atoms with Crippen molar-refractivity contribution in [1.82, 2.24) is 4.57 Å². The number of carbonyl (C=O) groups excluding carboxylic acids is 2. The number of aliphatic hydroxyl groups excluding tert-OH is 1. The second-order valence-corrected chi connectivity index (χ2v) is 9.10. The lowest BCUT2D eigenvalue weighted by Gasteiger charge is -2.26. The van der Waals surface area contributed by atoms with Crippen LogP contribution >= 0.6 is 0 Å². The average molecular weight is 432 g/mol. The van der Waals surface area contributed by atoms with Crippen molar-refractivity contribution in [1.29, 1.82) is 0 Å². The maximum absolute atomic E-state index is 12.7. The number of nitrogens with one attached hydrogen (secondary N) is 1. The fraction of sp³-hybridized carbons (Fsp3) is 0.385. The number of amides is 1. The van der Waals surface area contributed by atoms with Crippen LogP contribution < -0.4 is 11.1 Å². The molecule has 0 bridgehead atoms. The first-order chi connectivity index (χ1) is 15.5. The van der Waals surface area contributed by atoms with Crippen molar-refractivity contribution in [2.24, 2.45) is 11.7 Å². The minimum Gasteiger partial charge on any atom is -0.393 e. The summed E-state index contributed by atoms with van der Waals surface area (Å²) in [5, 5.41) is 14.3. The Morgan fingerprint density at radius 2 is 1.88 bits per heavy atom. The normalized spacial score (nSPS) is 20.8. The minimum absolute atomic E-state index is 0.139. The van der Waals surface area contributed by atoms with E-state index in [1.807, 2.05) is 34.9 Å². The molecule has 1 fully saturated rings. The highest BCUT2D eigenvalue weighted by Crippen LogP contribution is 2.39. The quantitative estimate of drug-likeness (QED) is 0.560. The van der Waals surface area contributed by atoms with E-state index >= 15 is 0 Å². The fourth-order valence-electron chi connectivity index (χ4n) is 5.32. The van der Waals surface area contributed by atoms with Gasteiger partial charge in [0.2, 0.25) is 5.91 Å². The zero-order chi connectivity index (χ0) is 22.2. The van der Waals surface area contributed by atoms with Crippen molar-refractivity contribution in [3.63, 3.8) is 0 Å². The van der Waals surface area contributed by atoms with Gasteiger partial charge in [0.25, 0.3) is 5.91 Å². The molecule has 0 spiro atoms. The van der Waals surface area contributed by atoms with Gasteiger partial charge in [-0.1, -0.05) is 24.3 Å². The number of hydrogen-bond acceptors (Lipinski definition) is 4. The molecule has 3 aromatic rings. The summed E-state index contributed by atoms with van der Waals surface area (Å²) in [5.74, 6) is 0.140. The van der Waals surface area contributed by atoms with Gasteiger partial charge in [-0.15, -0.1) is 0 Å². The van der Waals surface area contributed by atoms with Crippen molar-refractivity contribution >= 4 is 28.4 Å². The lowest BCUT2D eigenvalue weighted by Crippen LogP contribution is -2.24. The molecule has 5 rings (SSSR count). The molecule has 2 aromatic carbocycles. The van der Waals surface area contributed by atoms with E-state index in [-0.39, 0.29) is 12.0 Å². The number of nitrogens with two attached hydrogens (primary N) is 1. The van der Waals surface area contributed by atoms with Crippen LogP contribution in [0.1, 0.15) is 59.4 Å². The zero-order valence-corrected chi connectivity index (χ0v) is 18.1. The van der Waals surface area contributed by atoms with Gasteiger partial charge in [0.1, 0.15) is 0 Å². The molecule has 1 aliphatic heterocycles. The molecule has 6 heteroatoms. The van der Waals surface area contributed by atoms with Crippen LogP contribution in [0.25, 0.3) is 22.0 Å². The molecule has 1 amide bonds. The molecule has 0 saturated heterocycles. The van der Waals surface area contributed by atoms with Gasteiger partial charge in [-0.05, 0) is 68.2 Å². The predicted molar refractivity (Wildman–Crippen MR) is 126 cm³/mol. The topological polar surface area (TPSA) is 97.4 Å². The fourth-order valence-corrected chi connectivity index (χ4v) is 5.32. The monoisotopic (exact) mass is 431 g/mol. The van der Waals surface area contributed by atoms with Crippen molar-refractivity contribution in [2.75, 3.05) is 11.9 Å². The van der Waals surface area contributed by atoms with Crippen LogP contribution in [0.3, 0.4) is 0 Å². The number of aliphatic hydroxyl groups is 1. The standard InChI is InChI=1S/C26H29N3O3/c27-26(32)19-13-10-17(14-21(19)28-15-16-8-11-18(30)12-9-16)25-20-4-1-2-5-22(20)29-23(25)6-3-7-24(29)31/h1-2,4-5,10,13-14,16,18,28,30H,3,6-9,11-12,15H2,(H2,27,32). The molecule has 6 nitrogen and oxygen atoms in total. The third-order valence-electron chi connectivity index (χ3n) is 7.00. The zero-order valence-electron chi connectivity index (χ0n) is 18.1. The Balaban J connectivity index is 1.55. The second kappa shape index (κ2) is 8.43. The second-order valence-electron chi connectivity index (χ2n) is 9.10. The van der Waals surface area contributed by atoms with Crippen LogP contribution in [-0.2, 0) is 6.42 Å². The molecule has 1 saturated carbocycles. The Kier molecular flexibility index (Phi) is 5.47. The Morgan fingerprint density at radius 3 is 2.66 bits per heavy atom. The first-order valence-corrected chi connectivity index (χ1v) is 11.5. The molecule has 2 heterocycles. The summed E-state index contributed by atoms with van der Waals surface area (Å²) in [6, 6.07) is 13.7. The van der Waals surface area contributed by atoms with E-state index in [2.05, 4.69) is 11.4 Å². The molecule has 166 valence electrons. The van der Waals surface area contributed by atoms with Gasteiger partial charge in [-0.3, -0.25) is 14.2 Å². The molecule has 1 aliphatic carbocycles. The first kappa shape index (κ1) is 20.8. The highest BCUT2D eigenvalue weighted by molar-refractivity contribution is 6.06. The summed E-state index contributed by atoms with van der Waals surface area (Å²) >= 11 is 0. The molecular formula is C26H29N3O3. The Hall–Kier alpha value is -3.12. The van der Waals surface area contributed by atoms with Crippen LogP contribution in [0, 0.1) is 5.92 Å². The van der Waals surface area contributed by atoms with E-state index in [1.54, 1.807) is 6.07 Å². The highest BCUT2D eigenvalue weighted by atomic mass is 16.3. The van der Waals surface area contributed by atoms with Crippen molar-refractivity contribution in [3.8, 4) is 11.1 Å². The lowest BCUT2D eigenvalue weighted by atomic mass is 9.87. The molecule has 4 N–H and O–H groups in total. The average Bonchev–Trinajstić information content (AvgIpc) is 3.14. The maximum Gasteiger partial charge on any atom is 0.250 e. The van der Waals surface area contributed by atoms with Gasteiger partial charge in [0, 0.05) is 35.3 Å². The van der Waals surface area contributed by atoms with Crippen LogP contribution in [0.4, 0.5) is 5.69 Å². The Bertz CT molecular complexity index is 1190. The molecule has 1 aromatic heterocycles. The van der Waals surface area contributed by atoms with Gasteiger partial charge in [-0.2, -0.15) is 0 Å². The number of nitrogens with zero attached hydrogens (tertiary/aromatic N) is 1. The van der Waals surface area contributed by atoms with Crippen molar-refractivity contribution in [2.45, 2.75) is 51.0 Å². The summed E-state index contributed by atoms with van der Waals surface area (Å²) in [4.78, 5) is 24.8. The van der Waals surface area contributed by atoms with Gasteiger partial charge in [-0.25, -0.2) is 0 Å². The van der Waals surface area contributed by atoms with E-state index in [0.717, 1.165) is 78.5 Å². The summed E-state index contributed by atoms with van der Waals surface area (Å²) in [5.41, 5.74) is 10.9. The number of carbonyl (C=O) groups is 2. The number of primary amides is 1. The van der Waals surface area contributed by atoms with Gasteiger partial charge in [0.05, 0.1) is 17.2 Å². The summed E-state index contributed by atoms with van der Waals surface area (Å²) in [6.07, 6.45) is 5.67. The summed E-state index contributed by atoms with van der Waals surface area (Å²) in [6.45, 7) is 0.740. The van der Waals surface area contributed by atoms with Crippen LogP contribution in [0.5, 0.6) is 0 Å². The first-order valence-electron chi connectivity index (χ1n) is 11.5. The third-order valence-corrected chi connectivity index (χ3v) is 7.00. The predicted octanol–water partition coefficient (Wildman–Crippen LogP) is 4.35. The smallest absolute Gasteiger partial charge is 0.250 e. The van der Waals surface area contributed by atoms with Crippen LogP contribution in [0.15, 0.2) is 42.5 Å². The van der Waals surface area contributed by atoms with Gasteiger partial charge < -0.3 is 16.2 Å². The minimum atomic E-state index is -0.461. The summed E-state index contributed by atoms with van der Waals surface area (Å²) < 4.78 is 1.87. The number of fused-ring (bicyclic) bond motifs is 3. The van der Waals surface area contributed by atoms with Crippen LogP contribution in [-0.4, -0.2) is 34.1 Å². The van der Waals surface area contributed by atoms with E-state index < -0.39 is 5.91 Å². The lowest BCUT2D eigenvalue weighted by molar-refractivity contribution is 0.0889. The van der Waals surface area contributed by atoms with Crippen LogP contribution in [0.2, 0.25) is 0 Å². The third kappa shape index (κ3) is 3.69. The van der Waals surface area contributed by atoms with E-state index in [4.69, 9.17) is 5.73 Å². The van der Waals surface area contributed by atoms with E-state index in [1.165, 1.54) is 0 Å². The molecule has 0 atom stereocenters. The van der Waals surface area contributed by atoms with Gasteiger partial charge in [0.15, 0.2) is 0 Å². The number of aromatic nitrogens is 1. The van der Waals surface area contributed by atoms with E-state index in [9.17, 15) is 14.7 Å². The SMILES string of the molecule is NC(=O)c1ccc(-c2c3n(c4ccccc24)C(=O)CCC3)cc1NCC1CCC(O)CC1. The molecule has 0 radical (unpaired) electrons. The highest BCUT2D eigenvalue weighted by Gasteiger charge is 2.26. The van der Waals surface area contributed by atoms with Crippen molar-refractivity contribution < 1.29 is 14.7 Å². The Morgan fingerprint density at radius 1 is 1.09 bits per heavy atom. The molecule has 2 aliphatic rings. The number of hydrogen-bond donors (Lipinski definition) is 3. The number of para-hydroxylation sites is 1.